The van der Waals surface area contributed by atoms with E-state index in [0.29, 0.717) is 19.5 Å². The maximum Gasteiger partial charge on any atom is 0.306 e. The Morgan fingerprint density at radius 1 is 1.18 bits per heavy atom. The Balaban J connectivity index is 1.89. The van der Waals surface area contributed by atoms with Crippen LogP contribution in [0.25, 0.3) is 0 Å². The van der Waals surface area contributed by atoms with Crippen molar-refractivity contribution in [1.29, 1.82) is 0 Å². The number of rotatable bonds is 5. The first-order valence-corrected chi connectivity index (χ1v) is 9.04. The summed E-state index contributed by atoms with van der Waals surface area (Å²) in [6, 6.07) is 0. The second-order valence-electron chi connectivity index (χ2n) is 7.34. The van der Waals surface area contributed by atoms with Crippen LogP contribution in [0.5, 0.6) is 0 Å². The smallest absolute Gasteiger partial charge is 0.306 e. The van der Waals surface area contributed by atoms with Gasteiger partial charge in [0.1, 0.15) is 0 Å². The monoisotopic (exact) mass is 309 g/mol. The number of carbonyl (C=O) groups is 2. The Kier molecular flexibility index (Phi) is 6.27. The molecule has 0 aromatic heterocycles. The number of carboxylic acid groups (broad SMARTS) is 1. The molecule has 1 amide bonds. The van der Waals surface area contributed by atoms with E-state index >= 15 is 0 Å². The Morgan fingerprint density at radius 3 is 2.41 bits per heavy atom. The summed E-state index contributed by atoms with van der Waals surface area (Å²) < 4.78 is 0. The largest absolute Gasteiger partial charge is 0.481 e. The normalized spacial score (nSPS) is 28.4. The molecule has 1 N–H and O–H groups in total. The van der Waals surface area contributed by atoms with Gasteiger partial charge in [0.2, 0.25) is 5.91 Å². The lowest BCUT2D eigenvalue weighted by atomic mass is 9.81. The molecule has 2 aliphatic rings. The fraction of sp³-hybridized carbons (Fsp3) is 0.889. The zero-order valence-electron chi connectivity index (χ0n) is 14.1. The molecule has 126 valence electrons. The lowest BCUT2D eigenvalue weighted by Gasteiger charge is -2.37. The predicted molar refractivity (Wildman–Crippen MR) is 86.5 cm³/mol. The number of carbonyl (C=O) groups excluding carboxylic acids is 1. The summed E-state index contributed by atoms with van der Waals surface area (Å²) in [6.45, 7) is 5.29. The van der Waals surface area contributed by atoms with E-state index in [1.165, 1.54) is 32.1 Å². The minimum Gasteiger partial charge on any atom is -0.481 e. The van der Waals surface area contributed by atoms with Crippen LogP contribution in [0.3, 0.4) is 0 Å². The SMILES string of the molecule is CCC(CC1CCCCC1)C(=O)N1CCC(C(=O)O)C(C)C1. The Bertz CT molecular complexity index is 390. The van der Waals surface area contributed by atoms with Crippen molar-refractivity contribution in [3.8, 4) is 0 Å². The second-order valence-corrected chi connectivity index (χ2v) is 7.34. The van der Waals surface area contributed by atoms with Crippen LogP contribution in [0.2, 0.25) is 0 Å². The van der Waals surface area contributed by atoms with Crippen molar-refractivity contribution in [1.82, 2.24) is 4.90 Å². The zero-order valence-corrected chi connectivity index (χ0v) is 14.1. The van der Waals surface area contributed by atoms with E-state index in [1.807, 2.05) is 11.8 Å². The van der Waals surface area contributed by atoms with Gasteiger partial charge in [0.25, 0.3) is 0 Å². The first-order chi connectivity index (χ1) is 10.5. The molecule has 0 bridgehead atoms. The lowest BCUT2D eigenvalue weighted by Crippen LogP contribution is -2.47. The highest BCUT2D eigenvalue weighted by Crippen LogP contribution is 2.32. The van der Waals surface area contributed by atoms with Gasteiger partial charge in [0, 0.05) is 19.0 Å². The van der Waals surface area contributed by atoms with Gasteiger partial charge in [-0.15, -0.1) is 0 Å². The van der Waals surface area contributed by atoms with Crippen LogP contribution >= 0.6 is 0 Å². The maximum atomic E-state index is 12.8. The van der Waals surface area contributed by atoms with Gasteiger partial charge in [-0.05, 0) is 31.1 Å². The van der Waals surface area contributed by atoms with Crippen LogP contribution in [-0.4, -0.2) is 35.0 Å². The molecule has 4 nitrogen and oxygen atoms in total. The van der Waals surface area contributed by atoms with Gasteiger partial charge in [-0.1, -0.05) is 46.0 Å². The first-order valence-electron chi connectivity index (χ1n) is 9.04. The molecule has 0 aromatic carbocycles. The quantitative estimate of drug-likeness (QED) is 0.845. The van der Waals surface area contributed by atoms with Crippen LogP contribution in [0.1, 0.15) is 65.2 Å². The molecule has 2 rings (SSSR count). The van der Waals surface area contributed by atoms with Crippen LogP contribution < -0.4 is 0 Å². The highest BCUT2D eigenvalue weighted by Gasteiger charge is 2.35. The molecule has 3 unspecified atom stereocenters. The van der Waals surface area contributed by atoms with Crippen LogP contribution in [-0.2, 0) is 9.59 Å². The lowest BCUT2D eigenvalue weighted by molar-refractivity contribution is -0.149. The summed E-state index contributed by atoms with van der Waals surface area (Å²) >= 11 is 0. The summed E-state index contributed by atoms with van der Waals surface area (Å²) in [5, 5.41) is 9.20. The number of carboxylic acids is 1. The summed E-state index contributed by atoms with van der Waals surface area (Å²) in [7, 11) is 0. The number of amides is 1. The predicted octanol–water partition coefficient (Wildman–Crippen LogP) is 3.55. The topological polar surface area (TPSA) is 57.6 Å². The molecule has 0 aromatic rings. The number of likely N-dealkylation sites (tertiary alicyclic amines) is 1. The van der Waals surface area contributed by atoms with E-state index in [1.54, 1.807) is 0 Å². The zero-order chi connectivity index (χ0) is 16.1. The third kappa shape index (κ3) is 4.23. The van der Waals surface area contributed by atoms with Crippen LogP contribution in [0, 0.1) is 23.7 Å². The highest BCUT2D eigenvalue weighted by molar-refractivity contribution is 5.79. The fourth-order valence-electron chi connectivity index (χ4n) is 4.24. The summed E-state index contributed by atoms with van der Waals surface area (Å²) in [5.74, 6) is 0.177. The van der Waals surface area contributed by atoms with Gasteiger partial charge >= 0.3 is 5.97 Å². The van der Waals surface area contributed by atoms with E-state index in [2.05, 4.69) is 6.92 Å². The number of aliphatic carboxylic acids is 1. The van der Waals surface area contributed by atoms with E-state index in [9.17, 15) is 14.7 Å². The molecule has 0 radical (unpaired) electrons. The third-order valence-electron chi connectivity index (χ3n) is 5.72. The van der Waals surface area contributed by atoms with Crippen molar-refractivity contribution in [2.75, 3.05) is 13.1 Å². The Morgan fingerprint density at radius 2 is 1.86 bits per heavy atom. The van der Waals surface area contributed by atoms with Crippen molar-refractivity contribution in [3.05, 3.63) is 0 Å². The molecule has 1 saturated carbocycles. The van der Waals surface area contributed by atoms with Crippen molar-refractivity contribution in [2.45, 2.75) is 65.2 Å². The van der Waals surface area contributed by atoms with Crippen molar-refractivity contribution >= 4 is 11.9 Å². The Labute approximate surface area is 134 Å². The number of hydrogen-bond donors (Lipinski definition) is 1. The van der Waals surface area contributed by atoms with E-state index < -0.39 is 5.97 Å². The van der Waals surface area contributed by atoms with Crippen LogP contribution in [0.15, 0.2) is 0 Å². The van der Waals surface area contributed by atoms with Gasteiger partial charge in [-0.25, -0.2) is 0 Å². The van der Waals surface area contributed by atoms with Crippen LogP contribution in [0.4, 0.5) is 0 Å². The van der Waals surface area contributed by atoms with E-state index in [-0.39, 0.29) is 23.7 Å². The third-order valence-corrected chi connectivity index (χ3v) is 5.72. The van der Waals surface area contributed by atoms with Crippen molar-refractivity contribution in [2.24, 2.45) is 23.7 Å². The number of hydrogen-bond acceptors (Lipinski definition) is 2. The van der Waals surface area contributed by atoms with E-state index in [4.69, 9.17) is 0 Å². The number of nitrogens with zero attached hydrogens (tertiary/aromatic N) is 1. The minimum atomic E-state index is -0.714. The molecule has 3 atom stereocenters. The summed E-state index contributed by atoms with van der Waals surface area (Å²) in [5.41, 5.74) is 0. The van der Waals surface area contributed by atoms with Gasteiger partial charge in [0.05, 0.1) is 5.92 Å². The molecule has 1 aliphatic carbocycles. The second kappa shape index (κ2) is 7.98. The highest BCUT2D eigenvalue weighted by atomic mass is 16.4. The molecule has 1 aliphatic heterocycles. The van der Waals surface area contributed by atoms with Gasteiger partial charge in [-0.3, -0.25) is 9.59 Å². The summed E-state index contributed by atoms with van der Waals surface area (Å²) in [6.07, 6.45) is 9.07. The molecular formula is C18H31NO3. The van der Waals surface area contributed by atoms with Gasteiger partial charge in [0.15, 0.2) is 0 Å². The average Bonchev–Trinajstić information content (AvgIpc) is 2.52. The molecule has 4 heteroatoms. The van der Waals surface area contributed by atoms with Crippen molar-refractivity contribution in [3.63, 3.8) is 0 Å². The molecular weight excluding hydrogens is 278 g/mol. The minimum absolute atomic E-state index is 0.0578. The number of piperidine rings is 1. The Hall–Kier alpha value is -1.06. The molecule has 1 saturated heterocycles. The first kappa shape index (κ1) is 17.3. The molecule has 0 spiro atoms. The summed E-state index contributed by atoms with van der Waals surface area (Å²) in [4.78, 5) is 25.9. The fourth-order valence-corrected chi connectivity index (χ4v) is 4.24. The molecule has 22 heavy (non-hydrogen) atoms. The van der Waals surface area contributed by atoms with E-state index in [0.717, 1.165) is 18.8 Å². The van der Waals surface area contributed by atoms with Gasteiger partial charge in [-0.2, -0.15) is 0 Å². The molecule has 1 heterocycles. The standard InChI is InChI=1S/C18H31NO3/c1-3-15(11-14-7-5-4-6-8-14)17(20)19-10-9-16(18(21)22)13(2)12-19/h13-16H,3-12H2,1-2H3,(H,21,22). The molecule has 2 fully saturated rings. The average molecular weight is 309 g/mol. The van der Waals surface area contributed by atoms with Gasteiger partial charge < -0.3 is 10.0 Å². The maximum absolute atomic E-state index is 12.8. The van der Waals surface area contributed by atoms with Crippen molar-refractivity contribution < 1.29 is 14.7 Å².